The summed E-state index contributed by atoms with van der Waals surface area (Å²) in [7, 11) is -9.33. The number of guanidine groups is 1. The van der Waals surface area contributed by atoms with Gasteiger partial charge >= 0.3 is 28.3 Å². The lowest BCUT2D eigenvalue weighted by molar-refractivity contribution is -0.143. The van der Waals surface area contributed by atoms with Crippen molar-refractivity contribution < 1.29 is 59.2 Å². The van der Waals surface area contributed by atoms with Crippen molar-refractivity contribution in [3.8, 4) is 11.5 Å². The van der Waals surface area contributed by atoms with Crippen molar-refractivity contribution in [1.29, 1.82) is 5.41 Å². The molecule has 0 aliphatic heterocycles. The molecule has 0 heterocycles. The van der Waals surface area contributed by atoms with Crippen LogP contribution in [-0.4, -0.2) is 87.9 Å². The topological polar surface area (TPSA) is 217 Å². The third kappa shape index (κ3) is 15.5. The lowest BCUT2D eigenvalue weighted by Gasteiger charge is -2.27. The van der Waals surface area contributed by atoms with E-state index in [9.17, 15) is 31.2 Å². The lowest BCUT2D eigenvalue weighted by Crippen LogP contribution is -2.49. The fourth-order valence-corrected chi connectivity index (χ4v) is 8.22. The fraction of sp³-hybridized carbons (Fsp3) is 0.450. The SMILES string of the molecule is CCOC(=O)CCN(Cc1ccccc1C)S(=O)(=O)c1ccccc1S(=O)(=O)Oc1cc(C)cc(OCCCON(C(=N)NC(=O)OC(C)(C)C)C(=O)OC(C)(C)C)c1. The zero-order valence-electron chi connectivity index (χ0n) is 34.8. The predicted molar refractivity (Wildman–Crippen MR) is 217 cm³/mol. The number of hydroxylamine groups is 2. The van der Waals surface area contributed by atoms with Gasteiger partial charge in [-0.2, -0.15) is 12.7 Å². The number of carbonyl (C=O) groups excluding carboxylic acids is 3. The number of aryl methyl sites for hydroxylation is 2. The second kappa shape index (κ2) is 20.6. The third-order valence-electron chi connectivity index (χ3n) is 7.60. The van der Waals surface area contributed by atoms with Gasteiger partial charge in [0.2, 0.25) is 16.0 Å². The van der Waals surface area contributed by atoms with E-state index in [2.05, 4.69) is 5.32 Å². The van der Waals surface area contributed by atoms with E-state index in [0.717, 1.165) is 22.0 Å². The molecule has 0 aliphatic carbocycles. The summed E-state index contributed by atoms with van der Waals surface area (Å²) >= 11 is 0. The molecule has 0 radical (unpaired) electrons. The Morgan fingerprint density at radius 2 is 1.41 bits per heavy atom. The van der Waals surface area contributed by atoms with Crippen LogP contribution in [0.1, 0.15) is 78.0 Å². The summed E-state index contributed by atoms with van der Waals surface area (Å²) in [5.74, 6) is -1.33. The van der Waals surface area contributed by atoms with Crippen molar-refractivity contribution >= 4 is 44.3 Å². The lowest BCUT2D eigenvalue weighted by atomic mass is 10.1. The summed E-state index contributed by atoms with van der Waals surface area (Å²) in [6.45, 7) is 14.3. The number of nitrogens with zero attached hydrogens (tertiary/aromatic N) is 2. The first-order valence-corrected chi connectivity index (χ1v) is 21.5. The number of benzene rings is 3. The molecular weight excluding hydrogens is 809 g/mol. The van der Waals surface area contributed by atoms with Gasteiger partial charge in [-0.15, -0.1) is 5.06 Å². The number of amides is 2. The predicted octanol–water partition coefficient (Wildman–Crippen LogP) is 6.61. The molecule has 0 aliphatic rings. The number of ether oxygens (including phenoxy) is 4. The second-order valence-electron chi connectivity index (χ2n) is 15.1. The van der Waals surface area contributed by atoms with Crippen LogP contribution in [0.4, 0.5) is 9.59 Å². The number of alkyl carbamates (subject to hydrolysis) is 1. The van der Waals surface area contributed by atoms with Crippen LogP contribution >= 0.6 is 0 Å². The van der Waals surface area contributed by atoms with Crippen LogP contribution in [0.5, 0.6) is 11.5 Å². The van der Waals surface area contributed by atoms with E-state index in [-0.39, 0.29) is 57.3 Å². The highest BCUT2D eigenvalue weighted by Crippen LogP contribution is 2.31. The Labute approximate surface area is 346 Å². The van der Waals surface area contributed by atoms with Gasteiger partial charge in [0, 0.05) is 25.6 Å². The maximum atomic E-state index is 14.3. The zero-order chi connectivity index (χ0) is 44.2. The number of esters is 1. The Bertz CT molecular complexity index is 2180. The highest BCUT2D eigenvalue weighted by molar-refractivity contribution is 7.91. The van der Waals surface area contributed by atoms with Crippen LogP contribution in [0, 0.1) is 19.3 Å². The third-order valence-corrected chi connectivity index (χ3v) is 10.9. The van der Waals surface area contributed by atoms with Gasteiger partial charge in [-0.25, -0.2) is 18.0 Å². The second-order valence-corrected chi connectivity index (χ2v) is 18.5. The smallest absolute Gasteiger partial charge is 0.442 e. The van der Waals surface area contributed by atoms with E-state index in [1.165, 1.54) is 24.3 Å². The standard InChI is InChI=1S/C40H54N4O13S2/c1-10-52-35(45)20-21-43(27-30-17-12-11-16-29(30)3)58(48,49)33-18-13-14-19-34(33)59(50,51)57-32-25-28(2)24-31(26-32)53-22-15-23-54-44(38(47)56-40(7,8)9)36(41)42-37(46)55-39(4,5)6/h11-14,16-19,24-26H,10,15,20-23,27H2,1-9H3,(H2,41,42,46). The molecule has 59 heavy (non-hydrogen) atoms. The van der Waals surface area contributed by atoms with Crippen molar-refractivity contribution in [3.63, 3.8) is 0 Å². The Kier molecular flexibility index (Phi) is 16.8. The Hall–Kier alpha value is -5.24. The normalized spacial score (nSPS) is 12.0. The van der Waals surface area contributed by atoms with E-state index in [0.29, 0.717) is 16.2 Å². The van der Waals surface area contributed by atoms with Gasteiger partial charge < -0.3 is 23.1 Å². The maximum absolute atomic E-state index is 14.3. The molecule has 17 nitrogen and oxygen atoms in total. The van der Waals surface area contributed by atoms with Crippen LogP contribution in [0.25, 0.3) is 0 Å². The van der Waals surface area contributed by atoms with Gasteiger partial charge in [0.15, 0.2) is 0 Å². The summed E-state index contributed by atoms with van der Waals surface area (Å²) in [4.78, 5) is 41.6. The molecule has 3 aromatic carbocycles. The first-order chi connectivity index (χ1) is 27.4. The number of rotatable bonds is 17. The summed E-state index contributed by atoms with van der Waals surface area (Å²) < 4.78 is 84.0. The Morgan fingerprint density at radius 1 is 0.797 bits per heavy atom. The average molecular weight is 863 g/mol. The van der Waals surface area contributed by atoms with E-state index in [1.807, 2.05) is 13.0 Å². The van der Waals surface area contributed by atoms with Gasteiger partial charge in [0.05, 0.1) is 26.2 Å². The number of nitrogens with one attached hydrogen (secondary N) is 2. The molecule has 0 fully saturated rings. The summed E-state index contributed by atoms with van der Waals surface area (Å²) in [5, 5.41) is 10.8. The van der Waals surface area contributed by atoms with Crippen LogP contribution in [-0.2, 0) is 50.5 Å². The molecule has 3 aromatic rings. The molecule has 19 heteroatoms. The largest absolute Gasteiger partial charge is 0.493 e. The summed E-state index contributed by atoms with van der Waals surface area (Å²) in [6.07, 6.45) is -2.17. The molecule has 0 bridgehead atoms. The monoisotopic (exact) mass is 862 g/mol. The van der Waals surface area contributed by atoms with E-state index in [1.54, 1.807) is 79.7 Å². The Morgan fingerprint density at radius 3 is 2.03 bits per heavy atom. The molecule has 2 amide bonds. The molecule has 324 valence electrons. The molecule has 0 atom stereocenters. The van der Waals surface area contributed by atoms with Gasteiger partial charge in [-0.3, -0.25) is 20.4 Å². The quantitative estimate of drug-likeness (QED) is 0.0278. The van der Waals surface area contributed by atoms with E-state index in [4.69, 9.17) is 33.4 Å². The van der Waals surface area contributed by atoms with Crippen molar-refractivity contribution in [2.75, 3.05) is 26.4 Å². The Balaban J connectivity index is 1.77. The highest BCUT2D eigenvalue weighted by Gasteiger charge is 2.34. The molecular formula is C40H54N4O13S2. The zero-order valence-corrected chi connectivity index (χ0v) is 36.5. The number of sulfonamides is 1. The molecule has 0 spiro atoms. The van der Waals surface area contributed by atoms with Gasteiger partial charge in [0.25, 0.3) is 0 Å². The van der Waals surface area contributed by atoms with Crippen LogP contribution in [0.2, 0.25) is 0 Å². The van der Waals surface area contributed by atoms with Crippen molar-refractivity contribution in [2.24, 2.45) is 0 Å². The molecule has 0 saturated heterocycles. The first-order valence-electron chi connectivity index (χ1n) is 18.6. The van der Waals surface area contributed by atoms with Crippen LogP contribution in [0.15, 0.2) is 76.5 Å². The highest BCUT2D eigenvalue weighted by atomic mass is 32.2. The van der Waals surface area contributed by atoms with Gasteiger partial charge in [-0.05, 0) is 103 Å². The summed E-state index contributed by atoms with van der Waals surface area (Å²) in [6, 6.07) is 16.5. The van der Waals surface area contributed by atoms with Gasteiger partial charge in [0.1, 0.15) is 32.5 Å². The maximum Gasteiger partial charge on any atom is 0.442 e. The van der Waals surface area contributed by atoms with Crippen LogP contribution < -0.4 is 14.2 Å². The van der Waals surface area contributed by atoms with Crippen LogP contribution in [0.3, 0.4) is 0 Å². The number of hydrogen-bond donors (Lipinski definition) is 2. The molecule has 0 aromatic heterocycles. The van der Waals surface area contributed by atoms with Crippen molar-refractivity contribution in [2.45, 2.75) is 103 Å². The number of carbonyl (C=O) groups is 3. The minimum atomic E-state index is -4.78. The van der Waals surface area contributed by atoms with E-state index < -0.39 is 65.2 Å². The minimum absolute atomic E-state index is 0.0196. The number of hydrogen-bond acceptors (Lipinski definition) is 14. The fourth-order valence-electron chi connectivity index (χ4n) is 5.10. The molecule has 2 N–H and O–H groups in total. The first kappa shape index (κ1) is 48.1. The average Bonchev–Trinajstić information content (AvgIpc) is 3.10. The van der Waals surface area contributed by atoms with Crippen molar-refractivity contribution in [1.82, 2.24) is 14.7 Å². The van der Waals surface area contributed by atoms with Crippen molar-refractivity contribution in [3.05, 3.63) is 83.4 Å². The minimum Gasteiger partial charge on any atom is -0.493 e. The molecule has 3 rings (SSSR count). The molecule has 0 unspecified atom stereocenters. The summed E-state index contributed by atoms with van der Waals surface area (Å²) in [5.41, 5.74) is 0.188. The molecule has 0 saturated carbocycles. The van der Waals surface area contributed by atoms with E-state index >= 15 is 0 Å². The van der Waals surface area contributed by atoms with Gasteiger partial charge in [-0.1, -0.05) is 36.4 Å².